The number of halogens is 2. The van der Waals surface area contributed by atoms with E-state index in [1.807, 2.05) is 4.57 Å². The second-order valence-electron chi connectivity index (χ2n) is 6.43. The lowest BCUT2D eigenvalue weighted by molar-refractivity contribution is 0.0594. The lowest BCUT2D eigenvalue weighted by Crippen LogP contribution is -2.07. The summed E-state index contributed by atoms with van der Waals surface area (Å²) >= 11 is 0. The summed E-state index contributed by atoms with van der Waals surface area (Å²) in [5.74, 6) is -1.93. The summed E-state index contributed by atoms with van der Waals surface area (Å²) in [6, 6.07) is 3.98. The van der Waals surface area contributed by atoms with Gasteiger partial charge in [0.2, 0.25) is 5.95 Å². The third kappa shape index (κ3) is 2.38. The van der Waals surface area contributed by atoms with Gasteiger partial charge in [-0.15, -0.1) is 0 Å². The molecule has 0 spiro atoms. The average Bonchev–Trinajstić information content (AvgIpc) is 3.32. The molecular formula is C18H13F2N5O2. The first-order chi connectivity index (χ1) is 13.1. The number of benzene rings is 1. The van der Waals surface area contributed by atoms with Gasteiger partial charge in [0.15, 0.2) is 17.3 Å². The van der Waals surface area contributed by atoms with Crippen molar-refractivity contribution in [3.63, 3.8) is 0 Å². The minimum atomic E-state index is -0.942. The molecule has 0 atom stereocenters. The van der Waals surface area contributed by atoms with Crippen molar-refractivity contribution in [3.05, 3.63) is 48.1 Å². The van der Waals surface area contributed by atoms with Crippen LogP contribution in [0, 0.1) is 11.6 Å². The Morgan fingerprint density at radius 3 is 2.63 bits per heavy atom. The second kappa shape index (κ2) is 5.57. The zero-order valence-electron chi connectivity index (χ0n) is 14.2. The number of carbonyl (C=O) groups excluding carboxylic acids is 1. The highest BCUT2D eigenvalue weighted by Crippen LogP contribution is 2.40. The number of rotatable bonds is 3. The van der Waals surface area contributed by atoms with Crippen LogP contribution in [-0.2, 0) is 4.74 Å². The quantitative estimate of drug-likeness (QED) is 0.519. The highest BCUT2D eigenvalue weighted by atomic mass is 19.2. The van der Waals surface area contributed by atoms with E-state index in [4.69, 9.17) is 4.74 Å². The van der Waals surface area contributed by atoms with Crippen LogP contribution in [0.5, 0.6) is 0 Å². The summed E-state index contributed by atoms with van der Waals surface area (Å²) in [7, 11) is 1.28. The summed E-state index contributed by atoms with van der Waals surface area (Å²) in [4.78, 5) is 24.7. The number of esters is 1. The first-order valence-electron chi connectivity index (χ1n) is 8.35. The van der Waals surface area contributed by atoms with Crippen LogP contribution in [0.3, 0.4) is 0 Å². The largest absolute Gasteiger partial charge is 0.464 e. The lowest BCUT2D eigenvalue weighted by Gasteiger charge is -2.09. The Balaban J connectivity index is 1.78. The number of imidazole rings is 2. The molecule has 0 aliphatic heterocycles. The molecule has 1 aliphatic carbocycles. The Hall–Kier alpha value is -3.36. The van der Waals surface area contributed by atoms with E-state index in [1.54, 1.807) is 17.0 Å². The molecule has 0 saturated heterocycles. The number of pyridine rings is 1. The molecular weight excluding hydrogens is 356 g/mol. The number of hydrogen-bond donors (Lipinski definition) is 0. The normalized spacial score (nSPS) is 14.2. The molecule has 1 aliphatic rings. The molecule has 136 valence electrons. The predicted molar refractivity (Wildman–Crippen MR) is 91.7 cm³/mol. The maximum absolute atomic E-state index is 13.8. The maximum Gasteiger partial charge on any atom is 0.356 e. The van der Waals surface area contributed by atoms with Crippen LogP contribution in [0.15, 0.2) is 30.7 Å². The van der Waals surface area contributed by atoms with Crippen molar-refractivity contribution in [1.29, 1.82) is 0 Å². The number of methoxy groups -OCH3 is 1. The molecule has 9 heteroatoms. The smallest absolute Gasteiger partial charge is 0.356 e. The van der Waals surface area contributed by atoms with Gasteiger partial charge in [0.05, 0.1) is 29.9 Å². The van der Waals surface area contributed by atoms with Gasteiger partial charge < -0.3 is 9.30 Å². The van der Waals surface area contributed by atoms with E-state index in [2.05, 4.69) is 15.0 Å². The molecule has 3 aromatic heterocycles. The number of fused-ring (bicyclic) bond motifs is 2. The summed E-state index contributed by atoms with van der Waals surface area (Å²) in [6.07, 6.45) is 4.89. The summed E-state index contributed by atoms with van der Waals surface area (Å²) in [5, 5.41) is 0. The van der Waals surface area contributed by atoms with E-state index in [9.17, 15) is 13.6 Å². The van der Waals surface area contributed by atoms with Crippen molar-refractivity contribution < 1.29 is 18.3 Å². The standard InChI is InChI=1S/C18H13F2N5O2/c1-27-17(26)13-6-15-14(7-21-13)22-8-24(15)18-23-12-4-10(19)11(20)5-16(12)25(18)9-2-3-9/h4-9H,2-3H2,1H3. The molecule has 1 saturated carbocycles. The molecule has 0 unspecified atom stereocenters. The number of ether oxygens (including phenoxy) is 1. The molecule has 1 aromatic carbocycles. The Labute approximate surface area is 151 Å². The Kier molecular flexibility index (Phi) is 3.27. The molecule has 0 bridgehead atoms. The Morgan fingerprint density at radius 2 is 1.89 bits per heavy atom. The van der Waals surface area contributed by atoms with Crippen LogP contribution in [0.4, 0.5) is 8.78 Å². The van der Waals surface area contributed by atoms with E-state index in [-0.39, 0.29) is 11.7 Å². The molecule has 0 amide bonds. The van der Waals surface area contributed by atoms with Gasteiger partial charge in [-0.25, -0.2) is 28.5 Å². The molecule has 3 heterocycles. The van der Waals surface area contributed by atoms with Crippen molar-refractivity contribution in [1.82, 2.24) is 24.1 Å². The fourth-order valence-electron chi connectivity index (χ4n) is 3.23. The van der Waals surface area contributed by atoms with Crippen molar-refractivity contribution in [2.75, 3.05) is 7.11 Å². The van der Waals surface area contributed by atoms with Crippen LogP contribution in [0.2, 0.25) is 0 Å². The van der Waals surface area contributed by atoms with Crippen LogP contribution in [0.25, 0.3) is 28.0 Å². The predicted octanol–water partition coefficient (Wildman–Crippen LogP) is 3.17. The molecule has 27 heavy (non-hydrogen) atoms. The zero-order chi connectivity index (χ0) is 18.7. The van der Waals surface area contributed by atoms with E-state index in [0.29, 0.717) is 28.0 Å². The highest BCUT2D eigenvalue weighted by molar-refractivity contribution is 5.91. The molecule has 0 radical (unpaired) electrons. The van der Waals surface area contributed by atoms with Gasteiger partial charge in [0, 0.05) is 18.2 Å². The SMILES string of the molecule is COC(=O)c1cc2c(cn1)ncn2-c1nc2cc(F)c(F)cc2n1C1CC1. The van der Waals surface area contributed by atoms with Gasteiger partial charge in [-0.1, -0.05) is 0 Å². The number of carbonyl (C=O) groups is 1. The zero-order valence-corrected chi connectivity index (χ0v) is 14.2. The second-order valence-corrected chi connectivity index (χ2v) is 6.43. The summed E-state index contributed by atoms with van der Waals surface area (Å²) < 4.78 is 35.8. The molecule has 5 rings (SSSR count). The highest BCUT2D eigenvalue weighted by Gasteiger charge is 2.30. The summed E-state index contributed by atoms with van der Waals surface area (Å²) in [6.45, 7) is 0. The number of hydrogen-bond acceptors (Lipinski definition) is 5. The van der Waals surface area contributed by atoms with Crippen LogP contribution in [0.1, 0.15) is 29.4 Å². The van der Waals surface area contributed by atoms with Gasteiger partial charge in [-0.2, -0.15) is 0 Å². The van der Waals surface area contributed by atoms with E-state index < -0.39 is 17.6 Å². The van der Waals surface area contributed by atoms with Gasteiger partial charge in [-0.05, 0) is 18.9 Å². The van der Waals surface area contributed by atoms with Crippen LogP contribution < -0.4 is 0 Å². The van der Waals surface area contributed by atoms with Gasteiger partial charge in [0.25, 0.3) is 0 Å². The van der Waals surface area contributed by atoms with Crippen molar-refractivity contribution in [2.24, 2.45) is 0 Å². The number of nitrogens with zero attached hydrogens (tertiary/aromatic N) is 5. The lowest BCUT2D eigenvalue weighted by atomic mass is 10.3. The van der Waals surface area contributed by atoms with Gasteiger partial charge in [-0.3, -0.25) is 4.57 Å². The van der Waals surface area contributed by atoms with Gasteiger partial charge in [0.1, 0.15) is 11.8 Å². The maximum atomic E-state index is 13.8. The molecule has 0 N–H and O–H groups in total. The van der Waals surface area contributed by atoms with E-state index in [1.165, 1.54) is 19.4 Å². The minimum Gasteiger partial charge on any atom is -0.464 e. The average molecular weight is 369 g/mol. The monoisotopic (exact) mass is 369 g/mol. The summed E-state index contributed by atoms with van der Waals surface area (Å²) in [5.41, 5.74) is 2.19. The molecule has 1 fully saturated rings. The molecule has 7 nitrogen and oxygen atoms in total. The van der Waals surface area contributed by atoms with Crippen LogP contribution in [-0.4, -0.2) is 37.2 Å². The van der Waals surface area contributed by atoms with Crippen LogP contribution >= 0.6 is 0 Å². The fraction of sp³-hybridized carbons (Fsp3) is 0.222. The first kappa shape index (κ1) is 15.9. The third-order valence-corrected chi connectivity index (χ3v) is 4.67. The number of aromatic nitrogens is 5. The first-order valence-corrected chi connectivity index (χ1v) is 8.35. The van der Waals surface area contributed by atoms with Crippen molar-refractivity contribution >= 4 is 28.0 Å². The Bertz CT molecular complexity index is 1230. The Morgan fingerprint density at radius 1 is 1.11 bits per heavy atom. The van der Waals surface area contributed by atoms with Gasteiger partial charge >= 0.3 is 5.97 Å². The van der Waals surface area contributed by atoms with E-state index >= 15 is 0 Å². The fourth-order valence-corrected chi connectivity index (χ4v) is 3.23. The minimum absolute atomic E-state index is 0.137. The van der Waals surface area contributed by atoms with E-state index in [0.717, 1.165) is 18.9 Å². The topological polar surface area (TPSA) is 74.8 Å². The third-order valence-electron chi connectivity index (χ3n) is 4.67. The van der Waals surface area contributed by atoms with Crippen molar-refractivity contribution in [3.8, 4) is 5.95 Å². The molecule has 4 aromatic rings. The van der Waals surface area contributed by atoms with Crippen molar-refractivity contribution in [2.45, 2.75) is 18.9 Å².